The molecule has 4 aromatic rings. The molecule has 0 unspecified atom stereocenters. The van der Waals surface area contributed by atoms with E-state index in [4.69, 9.17) is 9.47 Å². The molecule has 0 bridgehead atoms. The van der Waals surface area contributed by atoms with Gasteiger partial charge >= 0.3 is 0 Å². The molecule has 9 heteroatoms. The first-order chi connectivity index (χ1) is 17.6. The van der Waals surface area contributed by atoms with Gasteiger partial charge in [0.25, 0.3) is 5.56 Å². The van der Waals surface area contributed by atoms with Crippen LogP contribution in [0.4, 0.5) is 0 Å². The molecule has 0 radical (unpaired) electrons. The monoisotopic (exact) mass is 488 g/mol. The molecule has 0 saturated carbocycles. The summed E-state index contributed by atoms with van der Waals surface area (Å²) in [7, 11) is 1.65. The number of hydrogen-bond acceptors (Lipinski definition) is 7. The third-order valence-corrected chi connectivity index (χ3v) is 6.74. The van der Waals surface area contributed by atoms with E-state index in [9.17, 15) is 4.79 Å². The number of benzene rings is 2. The van der Waals surface area contributed by atoms with E-state index in [-0.39, 0.29) is 11.7 Å². The van der Waals surface area contributed by atoms with Crippen LogP contribution in [-0.2, 0) is 30.8 Å². The van der Waals surface area contributed by atoms with Gasteiger partial charge in [-0.25, -0.2) is 4.68 Å². The van der Waals surface area contributed by atoms with Crippen LogP contribution in [-0.4, -0.2) is 56.5 Å². The largest absolute Gasteiger partial charge is 0.497 e. The number of aromatic nitrogens is 5. The second-order valence-electron chi connectivity index (χ2n) is 9.30. The Morgan fingerprint density at radius 3 is 2.72 bits per heavy atom. The predicted molar refractivity (Wildman–Crippen MR) is 137 cm³/mol. The fourth-order valence-electron chi connectivity index (χ4n) is 4.70. The lowest BCUT2D eigenvalue weighted by Gasteiger charge is -2.24. The Hall–Kier alpha value is -3.56. The average molecular weight is 489 g/mol. The molecule has 0 aliphatic carbocycles. The number of H-pyrrole nitrogens is 1. The molecule has 1 N–H and O–H groups in total. The zero-order valence-electron chi connectivity index (χ0n) is 20.8. The molecule has 3 heterocycles. The molecule has 9 nitrogen and oxygen atoms in total. The van der Waals surface area contributed by atoms with Crippen LogP contribution < -0.4 is 10.3 Å². The van der Waals surface area contributed by atoms with Crippen LogP contribution >= 0.6 is 0 Å². The number of rotatable bonds is 10. The highest BCUT2D eigenvalue weighted by atomic mass is 16.5. The SMILES string of the molecule is CCc1ccc2[nH]c(=O)c(CN(Cc3nnnn3Cc3ccc(OC)cc3)C[C@@H]3CCCO3)cc2c1. The van der Waals surface area contributed by atoms with E-state index >= 15 is 0 Å². The molecule has 1 saturated heterocycles. The Bertz CT molecular complexity index is 1360. The molecule has 1 aliphatic heterocycles. The Morgan fingerprint density at radius 2 is 1.97 bits per heavy atom. The first kappa shape index (κ1) is 24.1. The van der Waals surface area contributed by atoms with Gasteiger partial charge in [0, 0.05) is 30.8 Å². The highest BCUT2D eigenvalue weighted by Crippen LogP contribution is 2.19. The summed E-state index contributed by atoms with van der Waals surface area (Å²) >= 11 is 0. The predicted octanol–water partition coefficient (Wildman–Crippen LogP) is 3.32. The fourth-order valence-corrected chi connectivity index (χ4v) is 4.70. The Morgan fingerprint density at radius 1 is 1.14 bits per heavy atom. The minimum absolute atomic E-state index is 0.0677. The number of aromatic amines is 1. The van der Waals surface area contributed by atoms with Crippen molar-refractivity contribution in [3.05, 3.63) is 81.4 Å². The Labute approximate surface area is 210 Å². The summed E-state index contributed by atoms with van der Waals surface area (Å²) in [6, 6.07) is 16.1. The minimum atomic E-state index is -0.0677. The molecule has 5 rings (SSSR count). The first-order valence-corrected chi connectivity index (χ1v) is 12.5. The van der Waals surface area contributed by atoms with E-state index < -0.39 is 0 Å². The number of ether oxygens (including phenoxy) is 2. The molecular weight excluding hydrogens is 456 g/mol. The summed E-state index contributed by atoms with van der Waals surface area (Å²) in [6.07, 6.45) is 3.17. The standard InChI is InChI=1S/C27H32N6O3/c1-3-19-8-11-25-21(13-19)14-22(27(34)28-25)16-32(17-24-5-4-12-36-24)18-26-29-30-31-33(26)15-20-6-9-23(35-2)10-7-20/h6-11,13-14,24H,3-5,12,15-18H2,1-2H3,(H,28,34)/t24-/m0/s1. The maximum absolute atomic E-state index is 13.0. The van der Waals surface area contributed by atoms with Gasteiger partial charge in [-0.2, -0.15) is 0 Å². The van der Waals surface area contributed by atoms with Gasteiger partial charge in [0.2, 0.25) is 0 Å². The highest BCUT2D eigenvalue weighted by Gasteiger charge is 2.22. The van der Waals surface area contributed by atoms with E-state index in [0.717, 1.165) is 59.5 Å². The fraction of sp³-hybridized carbons (Fsp3) is 0.407. The van der Waals surface area contributed by atoms with Gasteiger partial charge in [-0.1, -0.05) is 25.1 Å². The number of aryl methyl sites for hydroxylation is 1. The number of fused-ring (bicyclic) bond motifs is 1. The second-order valence-corrected chi connectivity index (χ2v) is 9.30. The van der Waals surface area contributed by atoms with Crippen LogP contribution in [0.5, 0.6) is 5.75 Å². The van der Waals surface area contributed by atoms with Gasteiger partial charge < -0.3 is 14.5 Å². The highest BCUT2D eigenvalue weighted by molar-refractivity contribution is 5.79. The second kappa shape index (κ2) is 11.0. The Kier molecular flexibility index (Phi) is 7.39. The lowest BCUT2D eigenvalue weighted by Crippen LogP contribution is -2.34. The van der Waals surface area contributed by atoms with Crippen molar-refractivity contribution in [2.24, 2.45) is 0 Å². The number of tetrazole rings is 1. The van der Waals surface area contributed by atoms with Gasteiger partial charge in [0.05, 0.1) is 26.3 Å². The molecule has 2 aromatic carbocycles. The summed E-state index contributed by atoms with van der Waals surface area (Å²) in [5.41, 5.74) is 3.84. The van der Waals surface area contributed by atoms with Crippen molar-refractivity contribution in [3.63, 3.8) is 0 Å². The molecule has 1 fully saturated rings. The van der Waals surface area contributed by atoms with Crippen molar-refractivity contribution in [1.82, 2.24) is 30.1 Å². The van der Waals surface area contributed by atoms with Crippen molar-refractivity contribution < 1.29 is 9.47 Å². The molecule has 0 spiro atoms. The van der Waals surface area contributed by atoms with E-state index in [1.165, 1.54) is 5.56 Å². The van der Waals surface area contributed by atoms with Crippen LogP contribution in [0.3, 0.4) is 0 Å². The zero-order valence-corrected chi connectivity index (χ0v) is 20.8. The maximum Gasteiger partial charge on any atom is 0.252 e. The summed E-state index contributed by atoms with van der Waals surface area (Å²) in [4.78, 5) is 18.2. The number of pyridine rings is 1. The van der Waals surface area contributed by atoms with E-state index in [2.05, 4.69) is 44.5 Å². The van der Waals surface area contributed by atoms with Crippen LogP contribution in [0.15, 0.2) is 53.3 Å². The normalized spacial score (nSPS) is 15.7. The van der Waals surface area contributed by atoms with Crippen molar-refractivity contribution >= 4 is 10.9 Å². The molecule has 0 amide bonds. The third-order valence-electron chi connectivity index (χ3n) is 6.74. The van der Waals surface area contributed by atoms with Gasteiger partial charge in [0.1, 0.15) is 5.75 Å². The number of nitrogens with one attached hydrogen (secondary N) is 1. The number of hydrogen-bond donors (Lipinski definition) is 1. The van der Waals surface area contributed by atoms with Gasteiger partial charge in [-0.15, -0.1) is 5.10 Å². The third kappa shape index (κ3) is 5.63. The van der Waals surface area contributed by atoms with Gasteiger partial charge in [-0.05, 0) is 76.5 Å². The molecule has 1 atom stereocenters. The van der Waals surface area contributed by atoms with Crippen molar-refractivity contribution in [2.45, 2.75) is 51.9 Å². The molecule has 2 aromatic heterocycles. The summed E-state index contributed by atoms with van der Waals surface area (Å²) in [5, 5.41) is 13.5. The van der Waals surface area contributed by atoms with Gasteiger partial charge in [0.15, 0.2) is 5.82 Å². The molecule has 188 valence electrons. The first-order valence-electron chi connectivity index (χ1n) is 12.5. The summed E-state index contributed by atoms with van der Waals surface area (Å²) in [5.74, 6) is 1.55. The molecule has 1 aliphatic rings. The van der Waals surface area contributed by atoms with Crippen LogP contribution in [0.25, 0.3) is 10.9 Å². The lowest BCUT2D eigenvalue weighted by molar-refractivity contribution is 0.0663. The average Bonchev–Trinajstić information content (AvgIpc) is 3.57. The van der Waals surface area contributed by atoms with E-state index in [1.807, 2.05) is 41.1 Å². The van der Waals surface area contributed by atoms with Crippen molar-refractivity contribution in [1.29, 1.82) is 0 Å². The molecule has 36 heavy (non-hydrogen) atoms. The maximum atomic E-state index is 13.0. The van der Waals surface area contributed by atoms with Crippen molar-refractivity contribution in [3.8, 4) is 5.75 Å². The minimum Gasteiger partial charge on any atom is -0.497 e. The van der Waals surface area contributed by atoms with Crippen LogP contribution in [0.1, 0.15) is 42.3 Å². The Balaban J connectivity index is 1.38. The smallest absolute Gasteiger partial charge is 0.252 e. The summed E-state index contributed by atoms with van der Waals surface area (Å²) in [6.45, 7) is 5.17. The van der Waals surface area contributed by atoms with Crippen LogP contribution in [0, 0.1) is 0 Å². The number of methoxy groups -OCH3 is 1. The quantitative estimate of drug-likeness (QED) is 0.366. The molecular formula is C27H32N6O3. The van der Waals surface area contributed by atoms with E-state index in [1.54, 1.807) is 7.11 Å². The van der Waals surface area contributed by atoms with Gasteiger partial charge in [-0.3, -0.25) is 9.69 Å². The lowest BCUT2D eigenvalue weighted by atomic mass is 10.1. The zero-order chi connectivity index (χ0) is 24.9. The van der Waals surface area contributed by atoms with Crippen LogP contribution in [0.2, 0.25) is 0 Å². The number of nitrogens with zero attached hydrogens (tertiary/aromatic N) is 5. The van der Waals surface area contributed by atoms with Crippen molar-refractivity contribution in [2.75, 3.05) is 20.3 Å². The van der Waals surface area contributed by atoms with E-state index in [0.29, 0.717) is 26.2 Å². The topological polar surface area (TPSA) is 98.2 Å². The summed E-state index contributed by atoms with van der Waals surface area (Å²) < 4.78 is 13.0.